The maximum absolute atomic E-state index is 13.4. The van der Waals surface area contributed by atoms with E-state index in [1.54, 1.807) is 0 Å². The van der Waals surface area contributed by atoms with E-state index in [1.165, 1.54) is 12.1 Å². The van der Waals surface area contributed by atoms with Crippen LogP contribution in [0.15, 0.2) is 18.2 Å². The van der Waals surface area contributed by atoms with Gasteiger partial charge in [0.15, 0.2) is 0 Å². The fraction of sp³-hybridized carbons (Fsp3) is 0.462. The minimum Gasteiger partial charge on any atom is -0.507 e. The molecule has 0 aromatic heterocycles. The molecule has 5 heteroatoms. The third kappa shape index (κ3) is 4.00. The van der Waals surface area contributed by atoms with Gasteiger partial charge >= 0.3 is 0 Å². The molecule has 1 atom stereocenters. The predicted octanol–water partition coefficient (Wildman–Crippen LogP) is 1.64. The number of nitrogens with two attached hydrogens (primary N) is 1. The van der Waals surface area contributed by atoms with E-state index in [1.807, 2.05) is 6.92 Å². The van der Waals surface area contributed by atoms with Crippen LogP contribution in [0, 0.1) is 11.7 Å². The zero-order valence-corrected chi connectivity index (χ0v) is 10.4. The van der Waals surface area contributed by atoms with E-state index in [9.17, 15) is 14.3 Å². The molecular weight excluding hydrogens is 235 g/mol. The van der Waals surface area contributed by atoms with Gasteiger partial charge in [-0.25, -0.2) is 4.39 Å². The maximum Gasteiger partial charge on any atom is 0.258 e. The molecular formula is C13H19FN2O2. The number of nitrogens with one attached hydrogen (secondary N) is 1. The van der Waals surface area contributed by atoms with E-state index in [4.69, 9.17) is 5.73 Å². The van der Waals surface area contributed by atoms with Gasteiger partial charge in [-0.05, 0) is 37.4 Å². The Labute approximate surface area is 106 Å². The van der Waals surface area contributed by atoms with Crippen molar-refractivity contribution >= 4 is 5.91 Å². The summed E-state index contributed by atoms with van der Waals surface area (Å²) >= 11 is 0. The second-order valence-electron chi connectivity index (χ2n) is 4.37. The second-order valence-corrected chi connectivity index (χ2v) is 4.37. The van der Waals surface area contributed by atoms with Gasteiger partial charge in [0.2, 0.25) is 0 Å². The lowest BCUT2D eigenvalue weighted by Crippen LogP contribution is -2.26. The highest BCUT2D eigenvalue weighted by molar-refractivity contribution is 5.97. The number of hydrogen-bond acceptors (Lipinski definition) is 3. The number of phenols is 1. The molecule has 4 nitrogen and oxygen atoms in total. The fourth-order valence-electron chi connectivity index (χ4n) is 1.60. The number of carbonyl (C=O) groups is 1. The molecule has 0 fully saturated rings. The van der Waals surface area contributed by atoms with Crippen LogP contribution in [-0.4, -0.2) is 24.1 Å². The molecule has 0 spiro atoms. The Hall–Kier alpha value is -1.62. The van der Waals surface area contributed by atoms with Crippen molar-refractivity contribution in [1.29, 1.82) is 0 Å². The second kappa shape index (κ2) is 6.96. The minimum absolute atomic E-state index is 0.302. The van der Waals surface area contributed by atoms with Crippen LogP contribution in [0.25, 0.3) is 0 Å². The van der Waals surface area contributed by atoms with Crippen molar-refractivity contribution in [1.82, 2.24) is 5.32 Å². The summed E-state index contributed by atoms with van der Waals surface area (Å²) < 4.78 is 13.4. The van der Waals surface area contributed by atoms with Gasteiger partial charge < -0.3 is 16.2 Å². The third-order valence-electron chi connectivity index (χ3n) is 2.78. The van der Waals surface area contributed by atoms with Crippen molar-refractivity contribution in [2.24, 2.45) is 11.7 Å². The average Bonchev–Trinajstić information content (AvgIpc) is 2.34. The minimum atomic E-state index is -0.720. The van der Waals surface area contributed by atoms with Crippen molar-refractivity contribution in [2.45, 2.75) is 19.8 Å². The Morgan fingerprint density at radius 1 is 1.56 bits per heavy atom. The maximum atomic E-state index is 13.4. The molecule has 1 amide bonds. The average molecular weight is 254 g/mol. The molecule has 1 unspecified atom stereocenters. The van der Waals surface area contributed by atoms with Gasteiger partial charge in [-0.2, -0.15) is 0 Å². The number of aromatic hydroxyl groups is 1. The van der Waals surface area contributed by atoms with Crippen LogP contribution in [0.3, 0.4) is 0 Å². The Bertz CT molecular complexity index is 390. The number of benzene rings is 1. The molecule has 0 radical (unpaired) electrons. The van der Waals surface area contributed by atoms with Crippen LogP contribution < -0.4 is 11.1 Å². The molecule has 4 N–H and O–H groups in total. The number of hydrogen-bond donors (Lipinski definition) is 3. The fourth-order valence-corrected chi connectivity index (χ4v) is 1.60. The molecule has 0 aliphatic heterocycles. The summed E-state index contributed by atoms with van der Waals surface area (Å²) in [4.78, 5) is 11.7. The molecule has 1 aromatic rings. The summed E-state index contributed by atoms with van der Waals surface area (Å²) in [6.45, 7) is 3.09. The SMILES string of the molecule is CC(CN)CCCNC(=O)c1c(O)cccc1F. The van der Waals surface area contributed by atoms with E-state index in [2.05, 4.69) is 5.32 Å². The van der Waals surface area contributed by atoms with E-state index in [0.717, 1.165) is 18.9 Å². The Morgan fingerprint density at radius 3 is 2.89 bits per heavy atom. The molecule has 18 heavy (non-hydrogen) atoms. The Balaban J connectivity index is 2.46. The lowest BCUT2D eigenvalue weighted by Gasteiger charge is -2.10. The van der Waals surface area contributed by atoms with E-state index in [-0.39, 0.29) is 11.3 Å². The Kier molecular flexibility index (Phi) is 5.58. The van der Waals surface area contributed by atoms with Crippen LogP contribution in [0.4, 0.5) is 4.39 Å². The normalized spacial score (nSPS) is 12.2. The standard InChI is InChI=1S/C13H19FN2O2/c1-9(8-15)4-3-7-16-13(18)12-10(14)5-2-6-11(12)17/h2,5-6,9,17H,3-4,7-8,15H2,1H3,(H,16,18). The topological polar surface area (TPSA) is 75.3 Å². The van der Waals surface area contributed by atoms with E-state index < -0.39 is 11.7 Å². The van der Waals surface area contributed by atoms with E-state index >= 15 is 0 Å². The molecule has 0 saturated carbocycles. The van der Waals surface area contributed by atoms with Crippen molar-refractivity contribution < 1.29 is 14.3 Å². The molecule has 0 bridgehead atoms. The summed E-state index contributed by atoms with van der Waals surface area (Å²) in [5.74, 6) is -1.25. The van der Waals surface area contributed by atoms with Crippen molar-refractivity contribution in [3.05, 3.63) is 29.6 Å². The van der Waals surface area contributed by atoms with Gasteiger partial charge in [0.25, 0.3) is 5.91 Å². The zero-order chi connectivity index (χ0) is 13.5. The highest BCUT2D eigenvalue weighted by atomic mass is 19.1. The predicted molar refractivity (Wildman–Crippen MR) is 67.9 cm³/mol. The summed E-state index contributed by atoms with van der Waals surface area (Å²) in [5.41, 5.74) is 5.17. The first kappa shape index (κ1) is 14.4. The molecule has 0 aliphatic rings. The molecule has 0 heterocycles. The zero-order valence-electron chi connectivity index (χ0n) is 10.4. The molecule has 0 aliphatic carbocycles. The Morgan fingerprint density at radius 2 is 2.28 bits per heavy atom. The van der Waals surface area contributed by atoms with Gasteiger partial charge in [0, 0.05) is 6.54 Å². The van der Waals surface area contributed by atoms with Gasteiger partial charge in [0.1, 0.15) is 17.1 Å². The first-order chi connectivity index (χ1) is 8.56. The lowest BCUT2D eigenvalue weighted by atomic mass is 10.1. The van der Waals surface area contributed by atoms with Crippen LogP contribution in [0.1, 0.15) is 30.1 Å². The van der Waals surface area contributed by atoms with Crippen LogP contribution in [-0.2, 0) is 0 Å². The molecule has 1 rings (SSSR count). The summed E-state index contributed by atoms with van der Waals surface area (Å²) in [7, 11) is 0. The van der Waals surface area contributed by atoms with Gasteiger partial charge in [-0.1, -0.05) is 13.0 Å². The lowest BCUT2D eigenvalue weighted by molar-refractivity contribution is 0.0945. The number of amides is 1. The first-order valence-corrected chi connectivity index (χ1v) is 6.02. The number of rotatable bonds is 6. The third-order valence-corrected chi connectivity index (χ3v) is 2.78. The number of halogens is 1. The van der Waals surface area contributed by atoms with Crippen LogP contribution in [0.2, 0.25) is 0 Å². The number of carbonyl (C=O) groups excluding carboxylic acids is 1. The quantitative estimate of drug-likeness (QED) is 0.675. The smallest absolute Gasteiger partial charge is 0.258 e. The van der Waals surface area contributed by atoms with Crippen molar-refractivity contribution in [2.75, 3.05) is 13.1 Å². The molecule has 100 valence electrons. The largest absolute Gasteiger partial charge is 0.507 e. The molecule has 1 aromatic carbocycles. The summed E-state index contributed by atoms with van der Waals surface area (Å²) in [6, 6.07) is 3.78. The van der Waals surface area contributed by atoms with Gasteiger partial charge in [-0.15, -0.1) is 0 Å². The van der Waals surface area contributed by atoms with Crippen molar-refractivity contribution in [3.8, 4) is 5.75 Å². The first-order valence-electron chi connectivity index (χ1n) is 6.02. The van der Waals surface area contributed by atoms with Crippen LogP contribution in [0.5, 0.6) is 5.75 Å². The summed E-state index contributed by atoms with van der Waals surface area (Å²) in [6.07, 6.45) is 1.68. The summed E-state index contributed by atoms with van der Waals surface area (Å²) in [5, 5.41) is 12.0. The number of phenolic OH excluding ortho intramolecular Hbond substituents is 1. The van der Waals surface area contributed by atoms with E-state index in [0.29, 0.717) is 19.0 Å². The monoisotopic (exact) mass is 254 g/mol. The highest BCUT2D eigenvalue weighted by Crippen LogP contribution is 2.19. The highest BCUT2D eigenvalue weighted by Gasteiger charge is 2.15. The van der Waals surface area contributed by atoms with Crippen molar-refractivity contribution in [3.63, 3.8) is 0 Å². The molecule has 0 saturated heterocycles. The van der Waals surface area contributed by atoms with Gasteiger partial charge in [0.05, 0.1) is 0 Å². The van der Waals surface area contributed by atoms with Gasteiger partial charge in [-0.3, -0.25) is 4.79 Å². The van der Waals surface area contributed by atoms with Crippen LogP contribution >= 0.6 is 0 Å².